The minimum absolute atomic E-state index is 0.00228. The molecule has 0 spiro atoms. The lowest BCUT2D eigenvalue weighted by atomic mass is 10.0. The molecule has 0 aliphatic carbocycles. The van der Waals surface area contributed by atoms with Crippen LogP contribution in [0.1, 0.15) is 24.0 Å². The summed E-state index contributed by atoms with van der Waals surface area (Å²) in [5, 5.41) is 22.4. The zero-order chi connectivity index (χ0) is 25.1. The summed E-state index contributed by atoms with van der Waals surface area (Å²) in [7, 11) is 0. The van der Waals surface area contributed by atoms with Crippen LogP contribution in [0.25, 0.3) is 0 Å². The van der Waals surface area contributed by atoms with Gasteiger partial charge in [0, 0.05) is 37.8 Å². The van der Waals surface area contributed by atoms with Crippen molar-refractivity contribution in [2.75, 3.05) is 25.0 Å². The van der Waals surface area contributed by atoms with Crippen LogP contribution in [0, 0.1) is 0 Å². The number of fused-ring (bicyclic) bond motifs is 1. The first-order valence-corrected chi connectivity index (χ1v) is 12.8. The lowest BCUT2D eigenvalue weighted by molar-refractivity contribution is -0.147. The molecule has 1 fully saturated rings. The Labute approximate surface area is 219 Å². The highest BCUT2D eigenvalue weighted by Gasteiger charge is 2.33. The molecular weight excluding hydrogens is 586 g/mol. The molecule has 0 saturated carbocycles. The highest BCUT2D eigenvalue weighted by atomic mass is 79.9. The smallest absolute Gasteiger partial charge is 0.410 e. The van der Waals surface area contributed by atoms with Gasteiger partial charge in [-0.1, -0.05) is 18.2 Å². The van der Waals surface area contributed by atoms with E-state index in [4.69, 9.17) is 4.74 Å². The van der Waals surface area contributed by atoms with Crippen LogP contribution in [0.15, 0.2) is 45.3 Å². The number of aliphatic carboxylic acids is 1. The number of nitrogens with one attached hydrogen (secondary N) is 1. The number of ether oxygens (including phenoxy) is 1. The number of hydrogen-bond acceptors (Lipinski definition) is 5. The van der Waals surface area contributed by atoms with Gasteiger partial charge < -0.3 is 30.1 Å². The monoisotopic (exact) mass is 609 g/mol. The number of nitrogens with zero attached hydrogens (tertiary/aromatic N) is 2. The zero-order valence-electron chi connectivity index (χ0n) is 18.7. The fourth-order valence-corrected chi connectivity index (χ4v) is 5.71. The average Bonchev–Trinajstić information content (AvgIpc) is 3.00. The fourth-order valence-electron chi connectivity index (χ4n) is 4.42. The third-order valence-electron chi connectivity index (χ3n) is 6.32. The summed E-state index contributed by atoms with van der Waals surface area (Å²) in [5.74, 6) is -1.25. The van der Waals surface area contributed by atoms with Crippen molar-refractivity contribution in [1.29, 1.82) is 0 Å². The van der Waals surface area contributed by atoms with E-state index in [2.05, 4.69) is 37.2 Å². The molecule has 35 heavy (non-hydrogen) atoms. The van der Waals surface area contributed by atoms with E-state index in [0.29, 0.717) is 47.0 Å². The van der Waals surface area contributed by atoms with Gasteiger partial charge in [0.1, 0.15) is 5.75 Å². The summed E-state index contributed by atoms with van der Waals surface area (Å²) in [5.41, 5.74) is 2.50. The fraction of sp³-hybridized carbons (Fsp3) is 0.375. The Hall–Kier alpha value is -2.79. The zero-order valence-corrected chi connectivity index (χ0v) is 21.9. The van der Waals surface area contributed by atoms with Crippen LogP contribution in [-0.4, -0.2) is 69.9 Å². The highest BCUT2D eigenvalue weighted by Crippen LogP contribution is 2.34. The Morgan fingerprint density at radius 1 is 1.11 bits per heavy atom. The number of likely N-dealkylation sites (tertiary alicyclic amines) is 1. The molecule has 3 amide bonds. The largest absolute Gasteiger partial charge is 0.506 e. The summed E-state index contributed by atoms with van der Waals surface area (Å²) in [6, 6.07) is 10.7. The molecule has 0 bridgehead atoms. The van der Waals surface area contributed by atoms with Crippen molar-refractivity contribution in [3.8, 4) is 5.75 Å². The molecule has 4 rings (SSSR count). The molecule has 2 aliphatic heterocycles. The van der Waals surface area contributed by atoms with E-state index in [0.717, 1.165) is 17.7 Å². The number of urea groups is 1. The average molecular weight is 611 g/mol. The van der Waals surface area contributed by atoms with Crippen LogP contribution in [0.4, 0.5) is 15.3 Å². The lowest BCUT2D eigenvalue weighted by Gasteiger charge is -2.37. The lowest BCUT2D eigenvalue weighted by Crippen LogP contribution is -2.50. The summed E-state index contributed by atoms with van der Waals surface area (Å²) in [6.07, 6.45) is -0.216. The summed E-state index contributed by atoms with van der Waals surface area (Å²) in [4.78, 5) is 40.6. The molecular formula is C24H25Br2N3O6. The predicted molar refractivity (Wildman–Crippen MR) is 136 cm³/mol. The number of phenols is 1. The van der Waals surface area contributed by atoms with Crippen molar-refractivity contribution in [2.45, 2.75) is 37.8 Å². The third-order valence-corrected chi connectivity index (χ3v) is 7.53. The molecule has 0 unspecified atom stereocenters. The quantitative estimate of drug-likeness (QED) is 0.455. The Morgan fingerprint density at radius 2 is 1.77 bits per heavy atom. The van der Waals surface area contributed by atoms with E-state index in [9.17, 15) is 24.6 Å². The minimum atomic E-state index is -1.38. The molecule has 1 atom stereocenters. The Kier molecular flexibility index (Phi) is 7.85. The summed E-state index contributed by atoms with van der Waals surface area (Å²) < 4.78 is 6.14. The van der Waals surface area contributed by atoms with Crippen molar-refractivity contribution in [1.82, 2.24) is 9.80 Å². The molecule has 0 radical (unpaired) electrons. The molecule has 0 aromatic heterocycles. The van der Waals surface area contributed by atoms with E-state index in [1.807, 2.05) is 29.2 Å². The molecule has 2 heterocycles. The molecule has 9 nitrogen and oxygen atoms in total. The van der Waals surface area contributed by atoms with Crippen LogP contribution in [-0.2, 0) is 22.4 Å². The second-order valence-electron chi connectivity index (χ2n) is 8.57. The Bertz CT molecular complexity index is 1110. The second kappa shape index (κ2) is 10.9. The number of halogens is 2. The third kappa shape index (κ3) is 5.90. The molecule has 186 valence electrons. The van der Waals surface area contributed by atoms with Crippen LogP contribution >= 0.6 is 31.9 Å². The maximum Gasteiger partial charge on any atom is 0.410 e. The van der Waals surface area contributed by atoms with Crippen molar-refractivity contribution < 1.29 is 29.3 Å². The number of para-hydroxylation sites is 1. The van der Waals surface area contributed by atoms with E-state index in [1.165, 1.54) is 4.90 Å². The number of piperidine rings is 1. The first-order chi connectivity index (χ1) is 16.7. The first kappa shape index (κ1) is 25.3. The Morgan fingerprint density at radius 3 is 2.43 bits per heavy atom. The van der Waals surface area contributed by atoms with Crippen LogP contribution in [0.3, 0.4) is 0 Å². The van der Waals surface area contributed by atoms with E-state index in [1.54, 1.807) is 12.1 Å². The van der Waals surface area contributed by atoms with E-state index < -0.39 is 18.2 Å². The van der Waals surface area contributed by atoms with Crippen molar-refractivity contribution in [2.24, 2.45) is 0 Å². The normalized spacial score (nSPS) is 17.3. The number of carbonyl (C=O) groups excluding carboxylic acids is 2. The number of amides is 3. The number of anilines is 1. The van der Waals surface area contributed by atoms with Crippen LogP contribution < -0.4 is 5.32 Å². The van der Waals surface area contributed by atoms with Crippen molar-refractivity contribution >= 4 is 55.6 Å². The van der Waals surface area contributed by atoms with Crippen LogP contribution in [0.2, 0.25) is 0 Å². The number of carbonyl (C=O) groups is 3. The second-order valence-corrected chi connectivity index (χ2v) is 10.3. The number of benzene rings is 2. The molecule has 2 aliphatic rings. The summed E-state index contributed by atoms with van der Waals surface area (Å²) in [6.45, 7) is 1.32. The topological polar surface area (TPSA) is 119 Å². The summed E-state index contributed by atoms with van der Waals surface area (Å²) >= 11 is 6.43. The number of rotatable bonds is 5. The maximum absolute atomic E-state index is 12.8. The first-order valence-electron chi connectivity index (χ1n) is 11.2. The van der Waals surface area contributed by atoms with Gasteiger partial charge in [0.15, 0.2) is 0 Å². The van der Waals surface area contributed by atoms with Gasteiger partial charge in [-0.05, 0) is 80.4 Å². The number of aromatic hydroxyl groups is 1. The Balaban J connectivity index is 1.33. The van der Waals surface area contributed by atoms with Gasteiger partial charge in [0.25, 0.3) is 0 Å². The van der Waals surface area contributed by atoms with Gasteiger partial charge >= 0.3 is 18.1 Å². The number of carboxylic acids is 1. The van der Waals surface area contributed by atoms with Gasteiger partial charge in [-0.15, -0.1) is 0 Å². The van der Waals surface area contributed by atoms with Crippen molar-refractivity contribution in [3.05, 3.63) is 56.5 Å². The highest BCUT2D eigenvalue weighted by molar-refractivity contribution is 9.11. The number of hydrogen-bond donors (Lipinski definition) is 3. The number of carboxylic acid groups (broad SMARTS) is 1. The molecule has 2 aromatic rings. The van der Waals surface area contributed by atoms with Gasteiger partial charge in [-0.2, -0.15) is 0 Å². The number of phenolic OH excluding ortho intramolecular Hbond substituents is 1. The van der Waals surface area contributed by atoms with Crippen molar-refractivity contribution in [3.63, 3.8) is 0 Å². The van der Waals surface area contributed by atoms with E-state index >= 15 is 0 Å². The molecule has 11 heteroatoms. The minimum Gasteiger partial charge on any atom is -0.506 e. The molecule has 3 N–H and O–H groups in total. The van der Waals surface area contributed by atoms with Crippen LogP contribution in [0.5, 0.6) is 5.75 Å². The molecule has 1 saturated heterocycles. The SMILES string of the molecule is O=C(O)[C@H](Cc1cc(Br)c(O)c(Br)c1)OC(=O)N1CCC(N2CCc3ccccc3NC2=O)CC1. The standard InChI is InChI=1S/C24H25Br2N3O6/c25-17-11-14(12-18(26)21(17)30)13-20(22(31)32)35-24(34)28-8-6-16(7-9-28)29-10-5-15-3-1-2-4-19(15)27-23(29)33/h1-4,11-12,16,20,30H,5-10,13H2,(H,27,33)(H,31,32)/t20-/m0/s1. The van der Waals surface area contributed by atoms with Gasteiger partial charge in [0.2, 0.25) is 6.10 Å². The predicted octanol–water partition coefficient (Wildman–Crippen LogP) is 4.60. The van der Waals surface area contributed by atoms with E-state index in [-0.39, 0.29) is 24.2 Å². The maximum atomic E-state index is 12.8. The van der Waals surface area contributed by atoms with Gasteiger partial charge in [-0.3, -0.25) is 0 Å². The van der Waals surface area contributed by atoms with Gasteiger partial charge in [-0.25, -0.2) is 14.4 Å². The molecule has 2 aromatic carbocycles. The van der Waals surface area contributed by atoms with Gasteiger partial charge in [0.05, 0.1) is 8.95 Å².